The first-order chi connectivity index (χ1) is 14.2. The maximum atomic E-state index is 12.3. The zero-order valence-electron chi connectivity index (χ0n) is 17.8. The molecule has 160 valence electrons. The Labute approximate surface area is 175 Å². The van der Waals surface area contributed by atoms with E-state index in [1.54, 1.807) is 12.1 Å². The Morgan fingerprint density at radius 3 is 2.40 bits per heavy atom. The highest BCUT2D eigenvalue weighted by Crippen LogP contribution is 2.25. The van der Waals surface area contributed by atoms with Crippen LogP contribution in [0.2, 0.25) is 0 Å². The summed E-state index contributed by atoms with van der Waals surface area (Å²) in [5.74, 6) is -0.771. The van der Waals surface area contributed by atoms with Gasteiger partial charge < -0.3 is 24.4 Å². The third kappa shape index (κ3) is 5.97. The summed E-state index contributed by atoms with van der Waals surface area (Å²) < 4.78 is 15.3. The predicted molar refractivity (Wildman–Crippen MR) is 112 cm³/mol. The molecule has 0 aliphatic carbocycles. The summed E-state index contributed by atoms with van der Waals surface area (Å²) in [5.41, 5.74) is 2.80. The molecule has 0 bridgehead atoms. The molecule has 0 heterocycles. The monoisotopic (exact) mass is 414 g/mol. The van der Waals surface area contributed by atoms with Gasteiger partial charge in [0.2, 0.25) is 5.91 Å². The van der Waals surface area contributed by atoms with Crippen LogP contribution in [0, 0.1) is 13.8 Å². The van der Waals surface area contributed by atoms with Gasteiger partial charge in [-0.3, -0.25) is 9.59 Å². The van der Waals surface area contributed by atoms with Crippen LogP contribution < -0.4 is 14.8 Å². The van der Waals surface area contributed by atoms with Crippen molar-refractivity contribution in [3.05, 3.63) is 53.1 Å². The van der Waals surface area contributed by atoms with E-state index in [0.717, 1.165) is 11.1 Å². The van der Waals surface area contributed by atoms with Crippen molar-refractivity contribution >= 4 is 23.5 Å². The lowest BCUT2D eigenvalue weighted by Crippen LogP contribution is -2.37. The Kier molecular flexibility index (Phi) is 7.80. The van der Waals surface area contributed by atoms with Crippen LogP contribution >= 0.6 is 0 Å². The van der Waals surface area contributed by atoms with Gasteiger partial charge in [0, 0.05) is 18.8 Å². The number of amides is 2. The van der Waals surface area contributed by atoms with E-state index in [1.165, 1.54) is 32.2 Å². The van der Waals surface area contributed by atoms with Gasteiger partial charge in [0.25, 0.3) is 5.91 Å². The van der Waals surface area contributed by atoms with Crippen LogP contribution in [-0.2, 0) is 14.3 Å². The predicted octanol–water partition coefficient (Wildman–Crippen LogP) is 2.57. The van der Waals surface area contributed by atoms with Crippen molar-refractivity contribution in [2.75, 3.05) is 39.7 Å². The lowest BCUT2D eigenvalue weighted by molar-refractivity contribution is -0.136. The molecule has 0 aromatic heterocycles. The molecule has 2 aromatic rings. The summed E-state index contributed by atoms with van der Waals surface area (Å²) in [6.07, 6.45) is 0. The second-order valence-electron chi connectivity index (χ2n) is 6.76. The van der Waals surface area contributed by atoms with Gasteiger partial charge in [-0.15, -0.1) is 0 Å². The normalized spacial score (nSPS) is 10.2. The maximum Gasteiger partial charge on any atom is 0.342 e. The summed E-state index contributed by atoms with van der Waals surface area (Å²) in [4.78, 5) is 38.0. The number of hydrogen-bond donors (Lipinski definition) is 1. The molecule has 8 nitrogen and oxygen atoms in total. The largest absolute Gasteiger partial charge is 0.497 e. The minimum Gasteiger partial charge on any atom is -0.497 e. The first-order valence-corrected chi connectivity index (χ1v) is 9.25. The molecule has 2 amide bonds. The number of esters is 1. The Hall–Kier alpha value is -3.55. The number of nitrogens with one attached hydrogen (secondary N) is 1. The minimum absolute atomic E-state index is 0.168. The van der Waals surface area contributed by atoms with Crippen molar-refractivity contribution < 1.29 is 28.6 Å². The lowest BCUT2D eigenvalue weighted by atomic mass is 10.1. The summed E-state index contributed by atoms with van der Waals surface area (Å²) in [7, 11) is 4.38. The van der Waals surface area contributed by atoms with Crippen LogP contribution in [0.25, 0.3) is 0 Å². The molecule has 0 spiro atoms. The Morgan fingerprint density at radius 2 is 1.73 bits per heavy atom. The van der Waals surface area contributed by atoms with Crippen LogP contribution in [0.3, 0.4) is 0 Å². The molecule has 0 aliphatic heterocycles. The highest BCUT2D eigenvalue weighted by molar-refractivity contribution is 5.96. The molecule has 0 radical (unpaired) electrons. The van der Waals surface area contributed by atoms with Crippen LogP contribution in [0.15, 0.2) is 36.4 Å². The van der Waals surface area contributed by atoms with E-state index in [-0.39, 0.29) is 23.8 Å². The van der Waals surface area contributed by atoms with Gasteiger partial charge in [-0.25, -0.2) is 4.79 Å². The van der Waals surface area contributed by atoms with Crippen molar-refractivity contribution in [2.45, 2.75) is 13.8 Å². The fourth-order valence-corrected chi connectivity index (χ4v) is 2.65. The van der Waals surface area contributed by atoms with Gasteiger partial charge in [-0.05, 0) is 43.2 Å². The van der Waals surface area contributed by atoms with E-state index in [0.29, 0.717) is 11.4 Å². The molecule has 1 N–H and O–H groups in total. The Balaban J connectivity index is 1.90. The van der Waals surface area contributed by atoms with Crippen molar-refractivity contribution in [2.24, 2.45) is 0 Å². The molecule has 0 aliphatic rings. The molecular formula is C22H26N2O6. The number of carbonyl (C=O) groups excluding carboxylic acids is 3. The first-order valence-electron chi connectivity index (χ1n) is 9.25. The van der Waals surface area contributed by atoms with E-state index < -0.39 is 18.5 Å². The van der Waals surface area contributed by atoms with Gasteiger partial charge in [-0.1, -0.05) is 12.1 Å². The number of carbonyl (C=O) groups is 3. The van der Waals surface area contributed by atoms with Gasteiger partial charge in [-0.2, -0.15) is 0 Å². The number of benzene rings is 2. The molecule has 0 saturated heterocycles. The van der Waals surface area contributed by atoms with Crippen molar-refractivity contribution in [1.29, 1.82) is 0 Å². The number of rotatable bonds is 8. The Morgan fingerprint density at radius 1 is 1.00 bits per heavy atom. The fourth-order valence-electron chi connectivity index (χ4n) is 2.65. The average molecular weight is 414 g/mol. The number of likely N-dealkylation sites (N-methyl/N-ethyl adjacent to an activating group) is 1. The van der Waals surface area contributed by atoms with Crippen LogP contribution in [-0.4, -0.2) is 57.1 Å². The van der Waals surface area contributed by atoms with Crippen LogP contribution in [0.4, 0.5) is 5.69 Å². The van der Waals surface area contributed by atoms with Gasteiger partial charge in [0.05, 0.1) is 20.8 Å². The second-order valence-corrected chi connectivity index (χ2v) is 6.76. The Bertz CT molecular complexity index is 941. The number of aryl methyl sites for hydroxylation is 2. The zero-order valence-corrected chi connectivity index (χ0v) is 17.8. The molecule has 8 heteroatoms. The number of hydrogen-bond acceptors (Lipinski definition) is 6. The smallest absolute Gasteiger partial charge is 0.342 e. The van der Waals surface area contributed by atoms with E-state index in [1.807, 2.05) is 32.0 Å². The van der Waals surface area contributed by atoms with Crippen LogP contribution in [0.5, 0.6) is 11.5 Å². The molecule has 0 saturated carbocycles. The molecule has 0 unspecified atom stereocenters. The molecule has 30 heavy (non-hydrogen) atoms. The van der Waals surface area contributed by atoms with Gasteiger partial charge >= 0.3 is 5.97 Å². The standard InChI is InChI=1S/C22H26N2O6/c1-14-6-7-15(2)18(10-14)23-20(25)12-24(3)21(26)13-30-22(27)17-9-8-16(28-4)11-19(17)29-5/h6-11H,12-13H2,1-5H3,(H,23,25). The van der Waals surface area contributed by atoms with Crippen molar-refractivity contribution in [1.82, 2.24) is 4.90 Å². The van der Waals surface area contributed by atoms with E-state index in [9.17, 15) is 14.4 Å². The lowest BCUT2D eigenvalue weighted by Gasteiger charge is -2.18. The summed E-state index contributed by atoms with van der Waals surface area (Å²) >= 11 is 0. The fraction of sp³-hybridized carbons (Fsp3) is 0.318. The molecule has 0 fully saturated rings. The molecular weight excluding hydrogens is 388 g/mol. The number of nitrogens with zero attached hydrogens (tertiary/aromatic N) is 1. The van der Waals surface area contributed by atoms with Gasteiger partial charge in [0.1, 0.15) is 17.1 Å². The summed E-state index contributed by atoms with van der Waals surface area (Å²) in [5, 5.41) is 2.78. The topological polar surface area (TPSA) is 94.2 Å². The molecule has 2 aromatic carbocycles. The number of methoxy groups -OCH3 is 2. The SMILES string of the molecule is COc1ccc(C(=O)OCC(=O)N(C)CC(=O)Nc2cc(C)ccc2C)c(OC)c1. The highest BCUT2D eigenvalue weighted by atomic mass is 16.5. The average Bonchev–Trinajstić information content (AvgIpc) is 2.73. The molecule has 0 atom stereocenters. The minimum atomic E-state index is -0.712. The zero-order chi connectivity index (χ0) is 22.3. The molecule has 2 rings (SSSR count). The summed E-state index contributed by atoms with van der Waals surface area (Å²) in [6.45, 7) is 3.14. The quantitative estimate of drug-likeness (QED) is 0.668. The van der Waals surface area contributed by atoms with Crippen molar-refractivity contribution in [3.63, 3.8) is 0 Å². The van der Waals surface area contributed by atoms with Crippen molar-refractivity contribution in [3.8, 4) is 11.5 Å². The summed E-state index contributed by atoms with van der Waals surface area (Å²) in [6, 6.07) is 10.3. The van der Waals surface area contributed by atoms with E-state index in [2.05, 4.69) is 5.32 Å². The maximum absolute atomic E-state index is 12.3. The highest BCUT2D eigenvalue weighted by Gasteiger charge is 2.19. The number of anilines is 1. The third-order valence-corrected chi connectivity index (χ3v) is 4.43. The van der Waals surface area contributed by atoms with Gasteiger partial charge in [0.15, 0.2) is 6.61 Å². The first kappa shape index (κ1) is 22.7. The van der Waals surface area contributed by atoms with Crippen LogP contribution in [0.1, 0.15) is 21.5 Å². The van der Waals surface area contributed by atoms with E-state index >= 15 is 0 Å². The third-order valence-electron chi connectivity index (χ3n) is 4.43. The number of ether oxygens (including phenoxy) is 3. The second kappa shape index (κ2) is 10.3. The van der Waals surface area contributed by atoms with E-state index in [4.69, 9.17) is 14.2 Å².